The summed E-state index contributed by atoms with van der Waals surface area (Å²) in [4.78, 5) is 29.4. The molecule has 0 saturated carbocycles. The lowest BCUT2D eigenvalue weighted by molar-refractivity contribution is 0.355. The van der Waals surface area contributed by atoms with E-state index in [0.29, 0.717) is 17.1 Å². The molecule has 0 aliphatic heterocycles. The number of hydrogen-bond donors (Lipinski definition) is 2. The molecule has 0 atom stereocenters. The zero-order chi connectivity index (χ0) is 17.0. The molecule has 6 nitrogen and oxygen atoms in total. The van der Waals surface area contributed by atoms with Gasteiger partial charge in [-0.25, -0.2) is 0 Å². The van der Waals surface area contributed by atoms with Gasteiger partial charge in [0.2, 0.25) is 0 Å². The Morgan fingerprint density at radius 2 is 1.57 bits per heavy atom. The van der Waals surface area contributed by atoms with E-state index in [9.17, 15) is 9.59 Å². The van der Waals surface area contributed by atoms with Crippen molar-refractivity contribution in [3.8, 4) is 11.5 Å². The van der Waals surface area contributed by atoms with Crippen LogP contribution in [0.15, 0.2) is 27.8 Å². The molecule has 1 aromatic heterocycles. The third-order valence-corrected chi connectivity index (χ3v) is 3.20. The van der Waals surface area contributed by atoms with Gasteiger partial charge in [0.25, 0.3) is 11.1 Å². The summed E-state index contributed by atoms with van der Waals surface area (Å²) in [7, 11) is 3.08. The van der Waals surface area contributed by atoms with Gasteiger partial charge in [0.05, 0.1) is 14.2 Å². The zero-order valence-electron chi connectivity index (χ0n) is 13.6. The largest absolute Gasteiger partial charge is 0.493 e. The third-order valence-electron chi connectivity index (χ3n) is 3.20. The van der Waals surface area contributed by atoms with Gasteiger partial charge >= 0.3 is 0 Å². The highest BCUT2D eigenvalue weighted by molar-refractivity contribution is 5.55. The number of benzene rings is 1. The monoisotopic (exact) mass is 316 g/mol. The second kappa shape index (κ2) is 7.00. The van der Waals surface area contributed by atoms with Gasteiger partial charge in [-0.3, -0.25) is 9.59 Å². The van der Waals surface area contributed by atoms with E-state index in [2.05, 4.69) is 9.97 Å². The van der Waals surface area contributed by atoms with Crippen LogP contribution < -0.4 is 31.3 Å². The average Bonchev–Trinajstić information content (AvgIpc) is 2.51. The number of methoxy groups -OCH3 is 2. The van der Waals surface area contributed by atoms with Gasteiger partial charge in [-0.15, -0.1) is 0 Å². The van der Waals surface area contributed by atoms with Crippen molar-refractivity contribution >= 4 is 12.2 Å². The molecule has 122 valence electrons. The van der Waals surface area contributed by atoms with Crippen molar-refractivity contribution in [2.75, 3.05) is 14.2 Å². The molecule has 0 bridgehead atoms. The second-order valence-electron chi connectivity index (χ2n) is 5.41. The van der Waals surface area contributed by atoms with Gasteiger partial charge in [-0.2, -0.15) is 0 Å². The van der Waals surface area contributed by atoms with E-state index in [1.54, 1.807) is 37.5 Å². The van der Waals surface area contributed by atoms with Crippen LogP contribution in [0.25, 0.3) is 12.2 Å². The van der Waals surface area contributed by atoms with Crippen LogP contribution in [0, 0.1) is 5.92 Å². The minimum atomic E-state index is -0.355. The van der Waals surface area contributed by atoms with Crippen LogP contribution in [0.3, 0.4) is 0 Å². The molecular weight excluding hydrogens is 296 g/mol. The second-order valence-corrected chi connectivity index (χ2v) is 5.41. The topological polar surface area (TPSA) is 84.2 Å². The van der Waals surface area contributed by atoms with Crippen LogP contribution in [0.5, 0.6) is 11.5 Å². The molecule has 0 amide bonds. The van der Waals surface area contributed by atoms with Crippen LogP contribution in [-0.2, 0) is 0 Å². The van der Waals surface area contributed by atoms with E-state index >= 15 is 0 Å². The number of nitrogens with one attached hydrogen (secondary N) is 2. The fourth-order valence-electron chi connectivity index (χ4n) is 2.15. The Hall–Kier alpha value is -2.76. The fourth-order valence-corrected chi connectivity index (χ4v) is 2.15. The van der Waals surface area contributed by atoms with Gasteiger partial charge in [0.15, 0.2) is 11.5 Å². The number of hydrogen-bond acceptors (Lipinski definition) is 4. The summed E-state index contributed by atoms with van der Waals surface area (Å²) < 4.78 is 10.4. The molecule has 0 aliphatic carbocycles. The van der Waals surface area contributed by atoms with Crippen LogP contribution >= 0.6 is 0 Å². The highest BCUT2D eigenvalue weighted by Gasteiger charge is 2.03. The smallest absolute Gasteiger partial charge is 0.272 e. The van der Waals surface area contributed by atoms with E-state index in [1.807, 2.05) is 13.8 Å². The first-order valence-corrected chi connectivity index (χ1v) is 7.23. The van der Waals surface area contributed by atoms with Crippen molar-refractivity contribution in [1.29, 1.82) is 0 Å². The lowest BCUT2D eigenvalue weighted by Crippen LogP contribution is -2.47. The third kappa shape index (κ3) is 3.91. The van der Waals surface area contributed by atoms with Crippen LogP contribution in [-0.4, -0.2) is 24.2 Å². The molecule has 0 aliphatic rings. The van der Waals surface area contributed by atoms with Gasteiger partial charge in [0, 0.05) is 0 Å². The van der Waals surface area contributed by atoms with Gasteiger partial charge in [-0.05, 0) is 29.7 Å². The van der Waals surface area contributed by atoms with Crippen molar-refractivity contribution in [1.82, 2.24) is 9.97 Å². The predicted octanol–water partition coefficient (Wildman–Crippen LogP) is 0.346. The first-order valence-electron chi connectivity index (χ1n) is 7.23. The van der Waals surface area contributed by atoms with Crippen LogP contribution in [0.4, 0.5) is 0 Å². The Bertz CT molecular complexity index is 923. The van der Waals surface area contributed by atoms with Gasteiger partial charge in [0.1, 0.15) is 10.7 Å². The summed E-state index contributed by atoms with van der Waals surface area (Å²) in [5.74, 6) is 1.30. The van der Waals surface area contributed by atoms with Crippen LogP contribution in [0.1, 0.15) is 19.4 Å². The molecule has 0 saturated heterocycles. The van der Waals surface area contributed by atoms with Crippen molar-refractivity contribution in [2.45, 2.75) is 13.8 Å². The molecule has 0 unspecified atom stereocenters. The normalized spacial score (nSPS) is 12.7. The highest BCUT2D eigenvalue weighted by Crippen LogP contribution is 2.27. The maximum atomic E-state index is 12.1. The maximum absolute atomic E-state index is 12.1. The summed E-state index contributed by atoms with van der Waals surface area (Å²) in [5, 5.41) is 0.456. The molecule has 23 heavy (non-hydrogen) atoms. The van der Waals surface area contributed by atoms with Crippen molar-refractivity contribution in [2.24, 2.45) is 5.92 Å². The standard InChI is InChI=1S/C17H20N2O4/c1-10(2)7-12-16(20)19-13(17(21)18-12)8-11-5-6-14(22-3)15(9-11)23-4/h5-10H,1-4H3,(H,18,21)(H,19,20)/b12-7+,13-8-. The fraction of sp³-hybridized carbons (Fsp3) is 0.294. The van der Waals surface area contributed by atoms with Crippen molar-refractivity contribution in [3.63, 3.8) is 0 Å². The highest BCUT2D eigenvalue weighted by atomic mass is 16.5. The quantitative estimate of drug-likeness (QED) is 0.852. The molecule has 0 radical (unpaired) electrons. The Labute approximate surface area is 133 Å². The lowest BCUT2D eigenvalue weighted by Gasteiger charge is -2.07. The molecule has 0 fully saturated rings. The number of ether oxygens (including phenoxy) is 2. The SMILES string of the molecule is COc1ccc(/C=c2\[nH]c(=O)/c(=C\C(C)C)[nH]c2=O)cc1OC. The lowest BCUT2D eigenvalue weighted by atomic mass is 10.2. The van der Waals surface area contributed by atoms with Crippen molar-refractivity contribution in [3.05, 3.63) is 55.2 Å². The summed E-state index contributed by atoms with van der Waals surface area (Å²) in [6.45, 7) is 3.86. The molecule has 1 aromatic carbocycles. The maximum Gasteiger partial charge on any atom is 0.272 e. The number of aromatic amines is 2. The first kappa shape index (κ1) is 16.6. The summed E-state index contributed by atoms with van der Waals surface area (Å²) >= 11 is 0. The first-order chi connectivity index (χ1) is 10.9. The molecule has 2 rings (SSSR count). The summed E-state index contributed by atoms with van der Waals surface area (Å²) in [6.07, 6.45) is 3.29. The Kier molecular flexibility index (Phi) is 5.05. The molecular formula is C17H20N2O4. The molecule has 2 N–H and O–H groups in total. The summed E-state index contributed by atoms with van der Waals surface area (Å²) in [6, 6.07) is 5.23. The zero-order valence-corrected chi connectivity index (χ0v) is 13.6. The Morgan fingerprint density at radius 1 is 0.957 bits per heavy atom. The Morgan fingerprint density at radius 3 is 2.17 bits per heavy atom. The molecule has 6 heteroatoms. The van der Waals surface area contributed by atoms with Crippen LogP contribution in [0.2, 0.25) is 0 Å². The number of H-pyrrole nitrogens is 2. The minimum Gasteiger partial charge on any atom is -0.493 e. The molecule has 2 aromatic rings. The molecule has 0 spiro atoms. The Balaban J connectivity index is 2.59. The van der Waals surface area contributed by atoms with E-state index in [1.165, 1.54) is 7.11 Å². The summed E-state index contributed by atoms with van der Waals surface area (Å²) in [5.41, 5.74) is 0.0284. The number of aromatic nitrogens is 2. The number of rotatable bonds is 4. The van der Waals surface area contributed by atoms with E-state index < -0.39 is 0 Å². The van der Waals surface area contributed by atoms with Gasteiger partial charge in [-0.1, -0.05) is 26.0 Å². The van der Waals surface area contributed by atoms with E-state index in [4.69, 9.17) is 9.47 Å². The van der Waals surface area contributed by atoms with E-state index in [0.717, 1.165) is 0 Å². The molecule has 1 heterocycles. The van der Waals surface area contributed by atoms with E-state index in [-0.39, 0.29) is 27.7 Å². The van der Waals surface area contributed by atoms with Gasteiger partial charge < -0.3 is 19.4 Å². The average molecular weight is 316 g/mol. The van der Waals surface area contributed by atoms with Crippen molar-refractivity contribution < 1.29 is 9.47 Å². The predicted molar refractivity (Wildman–Crippen MR) is 89.3 cm³/mol. The minimum absolute atomic E-state index is 0.160.